The quantitative estimate of drug-likeness (QED) is 0.333. The molecule has 15 heavy (non-hydrogen) atoms. The van der Waals surface area contributed by atoms with Gasteiger partial charge in [-0.3, -0.25) is 0 Å². The van der Waals surface area contributed by atoms with Crippen LogP contribution < -0.4 is 0 Å². The summed E-state index contributed by atoms with van der Waals surface area (Å²) < 4.78 is 0. The lowest BCUT2D eigenvalue weighted by Crippen LogP contribution is -2.06. The Morgan fingerprint density at radius 2 is 1.80 bits per heavy atom. The average Bonchev–Trinajstić information content (AvgIpc) is 2.25. The molecule has 0 aromatic rings. The van der Waals surface area contributed by atoms with Crippen LogP contribution in [0.15, 0.2) is 9.98 Å². The minimum Gasteiger partial charge on any atom is -0.211 e. The number of hydrogen-bond donors (Lipinski definition) is 0. The van der Waals surface area contributed by atoms with E-state index in [2.05, 4.69) is 16.9 Å². The van der Waals surface area contributed by atoms with E-state index in [1.807, 2.05) is 0 Å². The second-order valence-corrected chi connectivity index (χ2v) is 3.56. The maximum atomic E-state index is 9.99. The van der Waals surface area contributed by atoms with Crippen molar-refractivity contribution in [3.63, 3.8) is 0 Å². The van der Waals surface area contributed by atoms with Gasteiger partial charge in [-0.25, -0.2) is 19.6 Å². The molecule has 1 unspecified atom stereocenters. The first-order valence-electron chi connectivity index (χ1n) is 5.42. The van der Waals surface area contributed by atoms with Gasteiger partial charge in [0.2, 0.25) is 12.2 Å². The van der Waals surface area contributed by atoms with Crippen molar-refractivity contribution in [1.29, 1.82) is 0 Å². The number of unbranched alkanes of at least 4 members (excludes halogenated alkanes) is 2. The molecule has 1 atom stereocenters. The molecule has 0 heterocycles. The van der Waals surface area contributed by atoms with E-state index in [1.165, 1.54) is 18.9 Å². The molecule has 0 aromatic carbocycles. The molecule has 0 spiro atoms. The highest BCUT2D eigenvalue weighted by molar-refractivity contribution is 5.33. The standard InChI is InChI=1S/C11H18N2O2/c1-2-3-4-5-11(8-13-10-15)6-7-12-9-14/h11H,2-8H2,1H3. The van der Waals surface area contributed by atoms with Crippen molar-refractivity contribution in [1.82, 2.24) is 0 Å². The van der Waals surface area contributed by atoms with E-state index in [9.17, 15) is 9.59 Å². The van der Waals surface area contributed by atoms with E-state index in [0.717, 1.165) is 19.3 Å². The van der Waals surface area contributed by atoms with Crippen LogP contribution in [0.2, 0.25) is 0 Å². The predicted molar refractivity (Wildman–Crippen MR) is 58.2 cm³/mol. The molecule has 4 nitrogen and oxygen atoms in total. The number of carbonyl (C=O) groups excluding carboxylic acids is 2. The van der Waals surface area contributed by atoms with Crippen LogP contribution in [-0.2, 0) is 9.59 Å². The highest BCUT2D eigenvalue weighted by Gasteiger charge is 2.07. The molecule has 0 radical (unpaired) electrons. The second kappa shape index (κ2) is 10.8. The van der Waals surface area contributed by atoms with Crippen LogP contribution in [0.1, 0.15) is 39.0 Å². The Morgan fingerprint density at radius 1 is 1.07 bits per heavy atom. The fraction of sp³-hybridized carbons (Fsp3) is 0.818. The third kappa shape index (κ3) is 9.07. The van der Waals surface area contributed by atoms with Gasteiger partial charge in [-0.1, -0.05) is 26.2 Å². The molecule has 0 fully saturated rings. The van der Waals surface area contributed by atoms with Crippen LogP contribution in [0, 0.1) is 5.92 Å². The van der Waals surface area contributed by atoms with Gasteiger partial charge in [-0.15, -0.1) is 0 Å². The molecule has 0 aromatic heterocycles. The fourth-order valence-corrected chi connectivity index (χ4v) is 1.47. The van der Waals surface area contributed by atoms with E-state index in [4.69, 9.17) is 0 Å². The zero-order valence-electron chi connectivity index (χ0n) is 9.24. The van der Waals surface area contributed by atoms with Gasteiger partial charge in [0.05, 0.1) is 13.1 Å². The van der Waals surface area contributed by atoms with Crippen molar-refractivity contribution >= 4 is 12.2 Å². The monoisotopic (exact) mass is 210 g/mol. The third-order valence-electron chi connectivity index (χ3n) is 2.34. The second-order valence-electron chi connectivity index (χ2n) is 3.56. The molecular weight excluding hydrogens is 192 g/mol. The molecule has 84 valence electrons. The number of hydrogen-bond acceptors (Lipinski definition) is 4. The van der Waals surface area contributed by atoms with Crippen molar-refractivity contribution in [2.75, 3.05) is 13.1 Å². The number of isocyanates is 2. The summed E-state index contributed by atoms with van der Waals surface area (Å²) in [6.45, 7) is 3.13. The van der Waals surface area contributed by atoms with Crippen molar-refractivity contribution in [2.24, 2.45) is 15.9 Å². The lowest BCUT2D eigenvalue weighted by atomic mass is 9.98. The minimum absolute atomic E-state index is 0.343. The molecule has 0 saturated carbocycles. The smallest absolute Gasteiger partial charge is 0.211 e. The predicted octanol–water partition coefficient (Wildman–Crippen LogP) is 2.24. The fourth-order valence-electron chi connectivity index (χ4n) is 1.47. The van der Waals surface area contributed by atoms with Gasteiger partial charge in [0.15, 0.2) is 0 Å². The van der Waals surface area contributed by atoms with E-state index >= 15 is 0 Å². The third-order valence-corrected chi connectivity index (χ3v) is 2.34. The summed E-state index contributed by atoms with van der Waals surface area (Å²) in [5, 5.41) is 0. The lowest BCUT2D eigenvalue weighted by molar-refractivity contribution is 0.441. The van der Waals surface area contributed by atoms with Crippen molar-refractivity contribution in [3.05, 3.63) is 0 Å². The summed E-state index contributed by atoms with van der Waals surface area (Å²) in [5.41, 5.74) is 0. The van der Waals surface area contributed by atoms with Gasteiger partial charge >= 0.3 is 0 Å². The van der Waals surface area contributed by atoms with Gasteiger partial charge in [0.1, 0.15) is 0 Å². The van der Waals surface area contributed by atoms with Crippen LogP contribution >= 0.6 is 0 Å². The zero-order chi connectivity index (χ0) is 11.4. The van der Waals surface area contributed by atoms with Gasteiger partial charge in [0.25, 0.3) is 0 Å². The molecular formula is C11H18N2O2. The van der Waals surface area contributed by atoms with Gasteiger partial charge < -0.3 is 0 Å². The number of rotatable bonds is 9. The first-order valence-corrected chi connectivity index (χ1v) is 5.42. The lowest BCUT2D eigenvalue weighted by Gasteiger charge is -2.11. The van der Waals surface area contributed by atoms with E-state index in [-0.39, 0.29) is 0 Å². The molecule has 0 aliphatic rings. The van der Waals surface area contributed by atoms with Gasteiger partial charge in [-0.05, 0) is 18.8 Å². The Kier molecular flexibility index (Phi) is 9.94. The first kappa shape index (κ1) is 13.8. The van der Waals surface area contributed by atoms with Crippen LogP contribution in [-0.4, -0.2) is 25.2 Å². The highest BCUT2D eigenvalue weighted by Crippen LogP contribution is 2.14. The maximum Gasteiger partial charge on any atom is 0.234 e. The Balaban J connectivity index is 3.82. The summed E-state index contributed by atoms with van der Waals surface area (Å²) in [6, 6.07) is 0. The topological polar surface area (TPSA) is 58.9 Å². The Labute approximate surface area is 90.5 Å². The largest absolute Gasteiger partial charge is 0.234 e. The Hall–Kier alpha value is -1.24. The zero-order valence-corrected chi connectivity index (χ0v) is 9.24. The van der Waals surface area contributed by atoms with Crippen molar-refractivity contribution in [2.45, 2.75) is 39.0 Å². The molecule has 4 heteroatoms. The Morgan fingerprint density at radius 3 is 2.40 bits per heavy atom. The molecule has 0 aliphatic carbocycles. The summed E-state index contributed by atoms with van der Waals surface area (Å²) in [6.07, 6.45) is 8.40. The molecule has 0 saturated heterocycles. The maximum absolute atomic E-state index is 9.99. The Bertz CT molecular complexity index is 241. The van der Waals surface area contributed by atoms with Crippen LogP contribution in [0.4, 0.5) is 0 Å². The van der Waals surface area contributed by atoms with E-state index < -0.39 is 0 Å². The van der Waals surface area contributed by atoms with Gasteiger partial charge in [0, 0.05) is 0 Å². The normalized spacial score (nSPS) is 11.3. The number of aliphatic imine (C=N–C) groups is 2. The SMILES string of the molecule is CCCCCC(CCN=C=O)CN=C=O. The van der Waals surface area contributed by atoms with E-state index in [0.29, 0.717) is 19.0 Å². The molecule has 0 amide bonds. The minimum atomic E-state index is 0.343. The molecule has 0 N–H and O–H groups in total. The van der Waals surface area contributed by atoms with Gasteiger partial charge in [-0.2, -0.15) is 0 Å². The molecule has 0 bridgehead atoms. The molecule has 0 rings (SSSR count). The van der Waals surface area contributed by atoms with Crippen LogP contribution in [0.5, 0.6) is 0 Å². The summed E-state index contributed by atoms with van der Waals surface area (Å²) in [4.78, 5) is 27.0. The summed E-state index contributed by atoms with van der Waals surface area (Å²) in [5.74, 6) is 0.343. The van der Waals surface area contributed by atoms with Crippen LogP contribution in [0.3, 0.4) is 0 Å². The van der Waals surface area contributed by atoms with Crippen molar-refractivity contribution in [3.8, 4) is 0 Å². The summed E-state index contributed by atoms with van der Waals surface area (Å²) >= 11 is 0. The highest BCUT2D eigenvalue weighted by atomic mass is 16.1. The van der Waals surface area contributed by atoms with Crippen LogP contribution in [0.25, 0.3) is 0 Å². The molecule has 0 aliphatic heterocycles. The first-order chi connectivity index (χ1) is 7.35. The number of nitrogens with zero attached hydrogens (tertiary/aromatic N) is 2. The van der Waals surface area contributed by atoms with Crippen molar-refractivity contribution < 1.29 is 9.59 Å². The van der Waals surface area contributed by atoms with E-state index in [1.54, 1.807) is 6.08 Å². The average molecular weight is 210 g/mol. The summed E-state index contributed by atoms with van der Waals surface area (Å²) in [7, 11) is 0.